The molecule has 1 aromatic heterocycles. The van der Waals surface area contributed by atoms with Gasteiger partial charge in [0.15, 0.2) is 0 Å². The molecule has 1 aliphatic heterocycles. The quantitative estimate of drug-likeness (QED) is 0.913. The average molecular weight is 294 g/mol. The summed E-state index contributed by atoms with van der Waals surface area (Å²) in [6, 6.07) is 4.08. The Labute approximate surface area is 124 Å². The van der Waals surface area contributed by atoms with Gasteiger partial charge in [-0.25, -0.2) is 0 Å². The number of fused-ring (bicyclic) bond motifs is 1. The standard InChI is InChI=1S/C15H22N2O2S/c1-16(8-12-3-2-6-20-12)15(19)10-17-7-11-4-5-14(18)13(11)9-17/h2-3,6,11,13-14,18H,4-5,7-10H2,1H3. The number of nitrogens with zero attached hydrogens (tertiary/aromatic N) is 2. The summed E-state index contributed by atoms with van der Waals surface area (Å²) < 4.78 is 0. The number of likely N-dealkylation sites (N-methyl/N-ethyl adjacent to an activating group) is 1. The van der Waals surface area contributed by atoms with E-state index in [1.165, 1.54) is 4.88 Å². The number of hydrogen-bond donors (Lipinski definition) is 1. The first kappa shape index (κ1) is 14.0. The fourth-order valence-corrected chi connectivity index (χ4v) is 4.25. The molecular weight excluding hydrogens is 272 g/mol. The lowest BCUT2D eigenvalue weighted by atomic mass is 10.00. The van der Waals surface area contributed by atoms with Crippen LogP contribution < -0.4 is 0 Å². The van der Waals surface area contributed by atoms with Gasteiger partial charge in [-0.05, 0) is 30.2 Å². The molecule has 0 radical (unpaired) electrons. The maximum absolute atomic E-state index is 12.3. The highest BCUT2D eigenvalue weighted by Crippen LogP contribution is 2.37. The van der Waals surface area contributed by atoms with Crippen LogP contribution in [0.2, 0.25) is 0 Å². The predicted octanol–water partition coefficient (Wildman–Crippen LogP) is 1.41. The maximum Gasteiger partial charge on any atom is 0.236 e. The fraction of sp³-hybridized carbons (Fsp3) is 0.667. The molecular formula is C15H22N2O2S. The molecule has 0 spiro atoms. The molecule has 1 N–H and O–H groups in total. The highest BCUT2D eigenvalue weighted by atomic mass is 32.1. The Morgan fingerprint density at radius 2 is 2.35 bits per heavy atom. The molecule has 20 heavy (non-hydrogen) atoms. The number of thiophene rings is 1. The van der Waals surface area contributed by atoms with Crippen LogP contribution in [0.4, 0.5) is 0 Å². The Balaban J connectivity index is 1.50. The molecule has 1 aromatic rings. The van der Waals surface area contributed by atoms with Gasteiger partial charge >= 0.3 is 0 Å². The first-order valence-corrected chi connectivity index (χ1v) is 8.18. The monoisotopic (exact) mass is 294 g/mol. The van der Waals surface area contributed by atoms with Crippen molar-refractivity contribution in [3.05, 3.63) is 22.4 Å². The van der Waals surface area contributed by atoms with E-state index in [4.69, 9.17) is 0 Å². The summed E-state index contributed by atoms with van der Waals surface area (Å²) in [6.07, 6.45) is 1.90. The second-order valence-corrected chi connectivity index (χ2v) is 7.12. The van der Waals surface area contributed by atoms with E-state index in [2.05, 4.69) is 11.0 Å². The van der Waals surface area contributed by atoms with Crippen LogP contribution in [-0.4, -0.2) is 53.6 Å². The second kappa shape index (κ2) is 5.84. The zero-order chi connectivity index (χ0) is 14.1. The molecule has 3 rings (SSSR count). The van der Waals surface area contributed by atoms with E-state index in [1.807, 2.05) is 18.5 Å². The zero-order valence-electron chi connectivity index (χ0n) is 11.9. The van der Waals surface area contributed by atoms with Crippen LogP contribution in [0.15, 0.2) is 17.5 Å². The first-order chi connectivity index (χ1) is 9.63. The molecule has 2 aliphatic rings. The molecule has 5 heteroatoms. The largest absolute Gasteiger partial charge is 0.393 e. The van der Waals surface area contributed by atoms with Crippen molar-refractivity contribution in [1.29, 1.82) is 0 Å². The number of carbonyl (C=O) groups excluding carboxylic acids is 1. The van der Waals surface area contributed by atoms with E-state index in [0.29, 0.717) is 24.9 Å². The second-order valence-electron chi connectivity index (χ2n) is 6.09. The summed E-state index contributed by atoms with van der Waals surface area (Å²) in [6.45, 7) is 3.03. The van der Waals surface area contributed by atoms with Crippen LogP contribution in [0, 0.1) is 11.8 Å². The van der Waals surface area contributed by atoms with Gasteiger partial charge in [-0.15, -0.1) is 11.3 Å². The van der Waals surface area contributed by atoms with Crippen LogP contribution in [0.5, 0.6) is 0 Å². The number of carbonyl (C=O) groups is 1. The van der Waals surface area contributed by atoms with Gasteiger partial charge in [0.05, 0.1) is 19.2 Å². The summed E-state index contributed by atoms with van der Waals surface area (Å²) >= 11 is 1.68. The number of hydrogen-bond acceptors (Lipinski definition) is 4. The van der Waals surface area contributed by atoms with Crippen LogP contribution >= 0.6 is 11.3 Å². The van der Waals surface area contributed by atoms with Crippen molar-refractivity contribution in [2.75, 3.05) is 26.7 Å². The topological polar surface area (TPSA) is 43.8 Å². The third-order valence-electron chi connectivity index (χ3n) is 4.65. The number of aliphatic hydroxyl groups excluding tert-OH is 1. The van der Waals surface area contributed by atoms with Gasteiger partial charge < -0.3 is 10.0 Å². The van der Waals surface area contributed by atoms with Gasteiger partial charge in [-0.1, -0.05) is 6.07 Å². The van der Waals surface area contributed by atoms with E-state index >= 15 is 0 Å². The minimum atomic E-state index is -0.149. The van der Waals surface area contributed by atoms with Crippen molar-refractivity contribution < 1.29 is 9.90 Å². The van der Waals surface area contributed by atoms with Crippen molar-refractivity contribution in [3.8, 4) is 0 Å². The molecule has 2 fully saturated rings. The summed E-state index contributed by atoms with van der Waals surface area (Å²) in [7, 11) is 1.87. The predicted molar refractivity (Wildman–Crippen MR) is 79.5 cm³/mol. The summed E-state index contributed by atoms with van der Waals surface area (Å²) in [5, 5.41) is 11.9. The van der Waals surface area contributed by atoms with Gasteiger partial charge in [0.1, 0.15) is 0 Å². The molecule has 1 saturated carbocycles. The third kappa shape index (κ3) is 2.90. The van der Waals surface area contributed by atoms with Crippen molar-refractivity contribution in [2.24, 2.45) is 11.8 Å². The number of rotatable bonds is 4. The molecule has 1 saturated heterocycles. The maximum atomic E-state index is 12.3. The lowest BCUT2D eigenvalue weighted by Gasteiger charge is -2.22. The van der Waals surface area contributed by atoms with Crippen molar-refractivity contribution in [2.45, 2.75) is 25.5 Å². The van der Waals surface area contributed by atoms with Gasteiger partial charge in [0, 0.05) is 30.9 Å². The Morgan fingerprint density at radius 3 is 3.05 bits per heavy atom. The van der Waals surface area contributed by atoms with Crippen molar-refractivity contribution in [1.82, 2.24) is 9.80 Å². The molecule has 1 amide bonds. The number of amides is 1. The summed E-state index contributed by atoms with van der Waals surface area (Å²) in [4.78, 5) is 17.5. The van der Waals surface area contributed by atoms with E-state index in [9.17, 15) is 9.90 Å². The minimum Gasteiger partial charge on any atom is -0.393 e. The SMILES string of the molecule is CN(Cc1cccs1)C(=O)CN1CC2CCC(O)C2C1. The highest BCUT2D eigenvalue weighted by molar-refractivity contribution is 7.09. The Morgan fingerprint density at radius 1 is 1.50 bits per heavy atom. The molecule has 0 bridgehead atoms. The number of likely N-dealkylation sites (tertiary alicyclic amines) is 1. The molecule has 4 nitrogen and oxygen atoms in total. The van der Waals surface area contributed by atoms with Crippen LogP contribution in [0.3, 0.4) is 0 Å². The molecule has 0 aromatic carbocycles. The molecule has 3 unspecified atom stereocenters. The highest BCUT2D eigenvalue weighted by Gasteiger charge is 2.42. The molecule has 1 aliphatic carbocycles. The van der Waals surface area contributed by atoms with Crippen LogP contribution in [0.1, 0.15) is 17.7 Å². The molecule has 3 atom stereocenters. The molecule has 110 valence electrons. The van der Waals surface area contributed by atoms with Gasteiger partial charge in [0.25, 0.3) is 0 Å². The van der Waals surface area contributed by atoms with Crippen LogP contribution in [-0.2, 0) is 11.3 Å². The summed E-state index contributed by atoms with van der Waals surface area (Å²) in [5.41, 5.74) is 0. The summed E-state index contributed by atoms with van der Waals surface area (Å²) in [5.74, 6) is 1.17. The van der Waals surface area contributed by atoms with E-state index in [0.717, 1.165) is 25.9 Å². The normalized spacial score (nSPS) is 29.6. The lowest BCUT2D eigenvalue weighted by Crippen LogP contribution is -2.37. The lowest BCUT2D eigenvalue weighted by molar-refractivity contribution is -0.131. The minimum absolute atomic E-state index is 0.149. The van der Waals surface area contributed by atoms with Gasteiger partial charge in [0.2, 0.25) is 5.91 Å². The average Bonchev–Trinajstić information content (AvgIpc) is 3.10. The fourth-order valence-electron chi connectivity index (χ4n) is 3.49. The molecule has 2 heterocycles. The Kier molecular flexibility index (Phi) is 4.10. The number of aliphatic hydroxyl groups is 1. The zero-order valence-corrected chi connectivity index (χ0v) is 12.7. The van der Waals surface area contributed by atoms with Gasteiger partial charge in [-0.3, -0.25) is 9.69 Å². The Bertz CT molecular complexity index is 462. The van der Waals surface area contributed by atoms with Crippen LogP contribution in [0.25, 0.3) is 0 Å². The van der Waals surface area contributed by atoms with Crippen molar-refractivity contribution in [3.63, 3.8) is 0 Å². The van der Waals surface area contributed by atoms with E-state index in [-0.39, 0.29) is 12.0 Å². The van der Waals surface area contributed by atoms with E-state index < -0.39 is 0 Å². The van der Waals surface area contributed by atoms with E-state index in [1.54, 1.807) is 16.2 Å². The Hall–Kier alpha value is -0.910. The first-order valence-electron chi connectivity index (χ1n) is 7.30. The van der Waals surface area contributed by atoms with Gasteiger partial charge in [-0.2, -0.15) is 0 Å². The van der Waals surface area contributed by atoms with Crippen molar-refractivity contribution >= 4 is 17.2 Å². The third-order valence-corrected chi connectivity index (χ3v) is 5.51. The smallest absolute Gasteiger partial charge is 0.236 e.